The zero-order chi connectivity index (χ0) is 15.0. The lowest BCUT2D eigenvalue weighted by Crippen LogP contribution is -2.45. The number of pyridine rings is 1. The van der Waals surface area contributed by atoms with Gasteiger partial charge >= 0.3 is 5.97 Å². The van der Waals surface area contributed by atoms with E-state index in [9.17, 15) is 14.7 Å². The van der Waals surface area contributed by atoms with Gasteiger partial charge in [0.2, 0.25) is 0 Å². The Labute approximate surface area is 122 Å². The number of fused-ring (bicyclic) bond motifs is 1. The summed E-state index contributed by atoms with van der Waals surface area (Å²) in [5.74, 6) is -1.30. The molecule has 0 radical (unpaired) electrons. The van der Waals surface area contributed by atoms with Crippen LogP contribution in [0.15, 0.2) is 36.4 Å². The second-order valence-electron chi connectivity index (χ2n) is 5.35. The predicted octanol–water partition coefficient (Wildman–Crippen LogP) is 2.31. The van der Waals surface area contributed by atoms with E-state index in [1.54, 1.807) is 13.0 Å². The van der Waals surface area contributed by atoms with Crippen LogP contribution in [0.4, 0.5) is 0 Å². The number of rotatable bonds is 4. The van der Waals surface area contributed by atoms with E-state index in [0.29, 0.717) is 5.69 Å². The van der Waals surface area contributed by atoms with Crippen LogP contribution in [0.1, 0.15) is 30.3 Å². The molecule has 5 heteroatoms. The zero-order valence-corrected chi connectivity index (χ0v) is 11.7. The Morgan fingerprint density at radius 1 is 1.24 bits per heavy atom. The van der Waals surface area contributed by atoms with Crippen LogP contribution in [0, 0.1) is 0 Å². The van der Waals surface area contributed by atoms with Gasteiger partial charge in [0.15, 0.2) is 0 Å². The van der Waals surface area contributed by atoms with Crippen LogP contribution in [0.3, 0.4) is 0 Å². The van der Waals surface area contributed by atoms with Crippen LogP contribution in [-0.2, 0) is 4.79 Å². The molecule has 3 rings (SSSR count). The van der Waals surface area contributed by atoms with Gasteiger partial charge in [0, 0.05) is 11.4 Å². The molecule has 21 heavy (non-hydrogen) atoms. The summed E-state index contributed by atoms with van der Waals surface area (Å²) >= 11 is 0. The first-order valence-corrected chi connectivity index (χ1v) is 6.99. The SMILES string of the molecule is CC(C(=O)O)N(C(=O)c1ccc2ccccc2n1)C1CC1. The van der Waals surface area contributed by atoms with E-state index in [1.165, 1.54) is 4.90 Å². The van der Waals surface area contributed by atoms with Crippen LogP contribution in [0.2, 0.25) is 0 Å². The van der Waals surface area contributed by atoms with Crippen molar-refractivity contribution in [3.05, 3.63) is 42.1 Å². The average Bonchev–Trinajstić information content (AvgIpc) is 3.31. The highest BCUT2D eigenvalue weighted by Gasteiger charge is 2.39. The second-order valence-corrected chi connectivity index (χ2v) is 5.35. The topological polar surface area (TPSA) is 70.5 Å². The summed E-state index contributed by atoms with van der Waals surface area (Å²) in [6.07, 6.45) is 1.72. The Hall–Kier alpha value is -2.43. The van der Waals surface area contributed by atoms with E-state index in [1.807, 2.05) is 30.3 Å². The molecule has 1 heterocycles. The van der Waals surface area contributed by atoms with Crippen molar-refractivity contribution in [3.63, 3.8) is 0 Å². The Morgan fingerprint density at radius 2 is 1.95 bits per heavy atom. The molecule has 1 fully saturated rings. The number of carboxylic acids is 1. The number of benzene rings is 1. The number of carbonyl (C=O) groups excluding carboxylic acids is 1. The monoisotopic (exact) mass is 284 g/mol. The van der Waals surface area contributed by atoms with Gasteiger partial charge in [-0.25, -0.2) is 9.78 Å². The van der Waals surface area contributed by atoms with E-state index in [2.05, 4.69) is 4.98 Å². The number of para-hydroxylation sites is 1. The van der Waals surface area contributed by atoms with Gasteiger partial charge < -0.3 is 10.0 Å². The third-order valence-corrected chi connectivity index (χ3v) is 3.77. The summed E-state index contributed by atoms with van der Waals surface area (Å²) in [7, 11) is 0. The van der Waals surface area contributed by atoms with Crippen molar-refractivity contribution in [2.75, 3.05) is 0 Å². The lowest BCUT2D eigenvalue weighted by molar-refractivity contribution is -0.141. The van der Waals surface area contributed by atoms with Crippen LogP contribution in [0.5, 0.6) is 0 Å². The smallest absolute Gasteiger partial charge is 0.326 e. The van der Waals surface area contributed by atoms with Crippen molar-refractivity contribution >= 4 is 22.8 Å². The quantitative estimate of drug-likeness (QED) is 0.935. The average molecular weight is 284 g/mol. The molecule has 0 bridgehead atoms. The molecule has 1 aliphatic carbocycles. The Morgan fingerprint density at radius 3 is 2.62 bits per heavy atom. The summed E-state index contributed by atoms with van der Waals surface area (Å²) in [6.45, 7) is 1.54. The molecule has 1 saturated carbocycles. The molecule has 1 aliphatic rings. The molecule has 1 amide bonds. The summed E-state index contributed by atoms with van der Waals surface area (Å²) < 4.78 is 0. The summed E-state index contributed by atoms with van der Waals surface area (Å²) in [4.78, 5) is 29.6. The molecular weight excluding hydrogens is 268 g/mol. The minimum Gasteiger partial charge on any atom is -0.480 e. The molecule has 1 unspecified atom stereocenters. The van der Waals surface area contributed by atoms with Crippen molar-refractivity contribution in [2.45, 2.75) is 31.8 Å². The van der Waals surface area contributed by atoms with Crippen molar-refractivity contribution < 1.29 is 14.7 Å². The van der Waals surface area contributed by atoms with Gasteiger partial charge in [-0.3, -0.25) is 4.79 Å². The lowest BCUT2D eigenvalue weighted by Gasteiger charge is -2.26. The first kappa shape index (κ1) is 13.5. The van der Waals surface area contributed by atoms with Gasteiger partial charge in [-0.15, -0.1) is 0 Å². The van der Waals surface area contributed by atoms with Crippen molar-refractivity contribution in [1.29, 1.82) is 0 Å². The van der Waals surface area contributed by atoms with Crippen molar-refractivity contribution in [2.24, 2.45) is 0 Å². The molecule has 5 nitrogen and oxygen atoms in total. The molecule has 1 aromatic heterocycles. The molecule has 108 valence electrons. The fraction of sp³-hybridized carbons (Fsp3) is 0.312. The second kappa shape index (κ2) is 5.16. The fourth-order valence-electron chi connectivity index (χ4n) is 2.45. The number of carboxylic acid groups (broad SMARTS) is 1. The fourth-order valence-corrected chi connectivity index (χ4v) is 2.45. The Balaban J connectivity index is 1.95. The standard InChI is InChI=1S/C16H16N2O3/c1-10(16(20)21)18(12-7-8-12)15(19)14-9-6-11-4-2-3-5-13(11)17-14/h2-6,9-10,12H,7-8H2,1H3,(H,20,21). The number of hydrogen-bond donors (Lipinski definition) is 1. The number of aromatic nitrogens is 1. The molecule has 0 spiro atoms. The first-order chi connectivity index (χ1) is 10.1. The van der Waals surface area contributed by atoms with Gasteiger partial charge in [-0.2, -0.15) is 0 Å². The summed E-state index contributed by atoms with van der Waals surface area (Å²) in [5.41, 5.74) is 1.04. The number of amides is 1. The van der Waals surface area contributed by atoms with Gasteiger partial charge in [0.05, 0.1) is 5.52 Å². The van der Waals surface area contributed by atoms with Crippen molar-refractivity contribution in [1.82, 2.24) is 9.88 Å². The number of nitrogens with zero attached hydrogens (tertiary/aromatic N) is 2. The normalized spacial score (nSPS) is 15.7. The minimum absolute atomic E-state index is 0.0249. The summed E-state index contributed by atoms with van der Waals surface area (Å²) in [6, 6.07) is 10.2. The van der Waals surface area contributed by atoms with Crippen molar-refractivity contribution in [3.8, 4) is 0 Å². The van der Waals surface area contributed by atoms with E-state index in [0.717, 1.165) is 23.7 Å². The third-order valence-electron chi connectivity index (χ3n) is 3.77. The number of hydrogen-bond acceptors (Lipinski definition) is 3. The van der Waals surface area contributed by atoms with E-state index in [4.69, 9.17) is 0 Å². The van der Waals surface area contributed by atoms with Gasteiger partial charge in [0.1, 0.15) is 11.7 Å². The molecule has 0 saturated heterocycles. The van der Waals surface area contributed by atoms with Crippen LogP contribution >= 0.6 is 0 Å². The molecular formula is C16H16N2O3. The molecule has 2 aromatic rings. The maximum atomic E-state index is 12.6. The van der Waals surface area contributed by atoms with Crippen LogP contribution in [0.25, 0.3) is 10.9 Å². The molecule has 1 N–H and O–H groups in total. The maximum absolute atomic E-state index is 12.6. The molecule has 0 aliphatic heterocycles. The number of carbonyl (C=O) groups is 2. The van der Waals surface area contributed by atoms with Gasteiger partial charge in [-0.05, 0) is 31.9 Å². The highest BCUT2D eigenvalue weighted by atomic mass is 16.4. The zero-order valence-electron chi connectivity index (χ0n) is 11.7. The Kier molecular flexibility index (Phi) is 3.33. The highest BCUT2D eigenvalue weighted by molar-refractivity contribution is 5.97. The van der Waals surface area contributed by atoms with Crippen LogP contribution < -0.4 is 0 Å². The molecule has 1 aromatic carbocycles. The van der Waals surface area contributed by atoms with Gasteiger partial charge in [-0.1, -0.05) is 24.3 Å². The summed E-state index contributed by atoms with van der Waals surface area (Å²) in [5, 5.41) is 10.1. The van der Waals surface area contributed by atoms with E-state index < -0.39 is 12.0 Å². The number of aliphatic carboxylic acids is 1. The largest absolute Gasteiger partial charge is 0.480 e. The van der Waals surface area contributed by atoms with E-state index in [-0.39, 0.29) is 11.9 Å². The highest BCUT2D eigenvalue weighted by Crippen LogP contribution is 2.30. The Bertz CT molecular complexity index is 709. The molecule has 1 atom stereocenters. The predicted molar refractivity (Wildman–Crippen MR) is 78.0 cm³/mol. The minimum atomic E-state index is -0.990. The van der Waals surface area contributed by atoms with Gasteiger partial charge in [0.25, 0.3) is 5.91 Å². The van der Waals surface area contributed by atoms with E-state index >= 15 is 0 Å². The lowest BCUT2D eigenvalue weighted by atomic mass is 10.2. The first-order valence-electron chi connectivity index (χ1n) is 6.99. The van der Waals surface area contributed by atoms with Crippen LogP contribution in [-0.4, -0.2) is 39.0 Å². The maximum Gasteiger partial charge on any atom is 0.326 e. The third kappa shape index (κ3) is 2.59.